The van der Waals surface area contributed by atoms with E-state index in [2.05, 4.69) is 4.74 Å². The molecule has 1 atom stereocenters. The summed E-state index contributed by atoms with van der Waals surface area (Å²) in [4.78, 5) is 0. The van der Waals surface area contributed by atoms with Crippen LogP contribution in [0.15, 0.2) is 18.2 Å². The highest BCUT2D eigenvalue weighted by Crippen LogP contribution is 2.34. The van der Waals surface area contributed by atoms with Crippen molar-refractivity contribution in [1.82, 2.24) is 0 Å². The van der Waals surface area contributed by atoms with Crippen molar-refractivity contribution in [3.05, 3.63) is 28.8 Å². The number of benzene rings is 1. The number of ether oxygens (including phenoxy) is 2. The van der Waals surface area contributed by atoms with Gasteiger partial charge in [0.25, 0.3) is 0 Å². The summed E-state index contributed by atoms with van der Waals surface area (Å²) in [7, 11) is 0. The van der Waals surface area contributed by atoms with Gasteiger partial charge in [0.05, 0.1) is 5.02 Å². The van der Waals surface area contributed by atoms with E-state index in [0.29, 0.717) is 18.8 Å². The van der Waals surface area contributed by atoms with Crippen molar-refractivity contribution in [3.63, 3.8) is 0 Å². The normalized spacial score (nSPS) is 18.9. The molecule has 2 rings (SSSR count). The summed E-state index contributed by atoms with van der Waals surface area (Å²) in [6.07, 6.45) is -3.09. The zero-order chi connectivity index (χ0) is 14.8. The zero-order valence-electron chi connectivity index (χ0n) is 10.6. The van der Waals surface area contributed by atoms with E-state index in [1.807, 2.05) is 0 Å². The molecule has 0 aliphatic carbocycles. The number of hydrogen-bond donors (Lipinski definition) is 1. The molecule has 0 unspecified atom stereocenters. The number of alkyl halides is 3. The summed E-state index contributed by atoms with van der Waals surface area (Å²) in [5, 5.41) is -0.0951. The van der Waals surface area contributed by atoms with Crippen LogP contribution in [0.4, 0.5) is 13.2 Å². The van der Waals surface area contributed by atoms with Crippen molar-refractivity contribution in [1.29, 1.82) is 0 Å². The van der Waals surface area contributed by atoms with Gasteiger partial charge in [-0.3, -0.25) is 0 Å². The molecular weight excluding hydrogens is 295 g/mol. The summed E-state index contributed by atoms with van der Waals surface area (Å²) < 4.78 is 45.5. The van der Waals surface area contributed by atoms with Crippen molar-refractivity contribution >= 4 is 11.6 Å². The van der Waals surface area contributed by atoms with Crippen LogP contribution in [-0.4, -0.2) is 19.6 Å². The highest BCUT2D eigenvalue weighted by atomic mass is 35.5. The van der Waals surface area contributed by atoms with Crippen LogP contribution >= 0.6 is 11.6 Å². The highest BCUT2D eigenvalue weighted by Gasteiger charge is 2.32. The zero-order valence-corrected chi connectivity index (χ0v) is 11.4. The molecule has 7 heteroatoms. The summed E-state index contributed by atoms with van der Waals surface area (Å²) in [6.45, 7) is 1.31. The Labute approximate surface area is 119 Å². The third-order valence-electron chi connectivity index (χ3n) is 3.34. The second kappa shape index (κ2) is 6.20. The Morgan fingerprint density at radius 2 is 1.95 bits per heavy atom. The Morgan fingerprint density at radius 3 is 2.50 bits per heavy atom. The first kappa shape index (κ1) is 15.4. The van der Waals surface area contributed by atoms with Gasteiger partial charge in [0, 0.05) is 19.3 Å². The molecule has 0 aromatic heterocycles. The molecule has 3 nitrogen and oxygen atoms in total. The molecule has 1 fully saturated rings. The molecule has 0 radical (unpaired) electrons. The second-order valence-electron chi connectivity index (χ2n) is 4.71. The Balaban J connectivity index is 2.11. The lowest BCUT2D eigenvalue weighted by atomic mass is 9.88. The van der Waals surface area contributed by atoms with Crippen molar-refractivity contribution in [3.8, 4) is 5.75 Å². The largest absolute Gasteiger partial charge is 0.573 e. The van der Waals surface area contributed by atoms with Gasteiger partial charge in [-0.1, -0.05) is 17.7 Å². The van der Waals surface area contributed by atoms with Gasteiger partial charge in [-0.05, 0) is 36.5 Å². The first-order valence-corrected chi connectivity index (χ1v) is 6.63. The van der Waals surface area contributed by atoms with Gasteiger partial charge >= 0.3 is 6.36 Å². The van der Waals surface area contributed by atoms with E-state index in [1.165, 1.54) is 18.2 Å². The van der Waals surface area contributed by atoms with E-state index in [4.69, 9.17) is 22.1 Å². The molecule has 0 spiro atoms. The fourth-order valence-corrected chi connectivity index (χ4v) is 2.51. The number of rotatable bonds is 3. The lowest BCUT2D eigenvalue weighted by molar-refractivity contribution is -0.274. The van der Waals surface area contributed by atoms with Crippen LogP contribution in [0.25, 0.3) is 0 Å². The van der Waals surface area contributed by atoms with Gasteiger partial charge in [-0.15, -0.1) is 13.2 Å². The molecule has 1 aliphatic rings. The van der Waals surface area contributed by atoms with E-state index >= 15 is 0 Å². The minimum Gasteiger partial charge on any atom is -0.404 e. The Bertz CT molecular complexity index is 461. The molecule has 1 aliphatic heterocycles. The molecule has 0 amide bonds. The molecule has 112 valence electrons. The molecule has 1 saturated heterocycles. The van der Waals surface area contributed by atoms with E-state index in [-0.39, 0.29) is 17.0 Å². The Kier molecular flexibility index (Phi) is 4.78. The van der Waals surface area contributed by atoms with Gasteiger partial charge < -0.3 is 15.2 Å². The van der Waals surface area contributed by atoms with Crippen molar-refractivity contribution < 1.29 is 22.6 Å². The third kappa shape index (κ3) is 4.01. The van der Waals surface area contributed by atoms with Gasteiger partial charge in [0.15, 0.2) is 0 Å². The molecule has 0 bridgehead atoms. The minimum atomic E-state index is -4.76. The quantitative estimate of drug-likeness (QED) is 0.926. The summed E-state index contributed by atoms with van der Waals surface area (Å²) in [5.41, 5.74) is 6.84. The van der Waals surface area contributed by atoms with Crippen LogP contribution in [0.5, 0.6) is 5.75 Å². The van der Waals surface area contributed by atoms with E-state index in [0.717, 1.165) is 12.8 Å². The van der Waals surface area contributed by atoms with E-state index in [9.17, 15) is 13.2 Å². The second-order valence-corrected chi connectivity index (χ2v) is 5.12. The smallest absolute Gasteiger partial charge is 0.404 e. The fourth-order valence-electron chi connectivity index (χ4n) is 2.28. The van der Waals surface area contributed by atoms with Crippen LogP contribution in [0.1, 0.15) is 24.4 Å². The highest BCUT2D eigenvalue weighted by molar-refractivity contribution is 6.32. The third-order valence-corrected chi connectivity index (χ3v) is 3.64. The number of nitrogens with two attached hydrogens (primary N) is 1. The predicted octanol–water partition coefficient (Wildman–Crippen LogP) is 3.67. The molecule has 1 aromatic carbocycles. The van der Waals surface area contributed by atoms with Crippen LogP contribution < -0.4 is 10.5 Å². The lowest BCUT2D eigenvalue weighted by Gasteiger charge is -2.28. The molecular formula is C13H15ClF3NO2. The van der Waals surface area contributed by atoms with Crippen LogP contribution in [0.3, 0.4) is 0 Å². The maximum absolute atomic E-state index is 12.2. The summed E-state index contributed by atoms with van der Waals surface area (Å²) in [5.74, 6) is -0.170. The SMILES string of the molecule is N[C@@H](c1ccc(OC(F)(F)F)c(Cl)c1)C1CCOCC1. The van der Waals surface area contributed by atoms with Crippen molar-refractivity contribution in [2.75, 3.05) is 13.2 Å². The average Bonchev–Trinajstić information content (AvgIpc) is 2.40. The Hall–Kier alpha value is -0.980. The Morgan fingerprint density at radius 1 is 1.30 bits per heavy atom. The molecule has 1 heterocycles. The molecule has 1 aromatic rings. The van der Waals surface area contributed by atoms with Crippen LogP contribution in [-0.2, 0) is 4.74 Å². The van der Waals surface area contributed by atoms with Crippen LogP contribution in [0.2, 0.25) is 5.02 Å². The standard InChI is InChI=1S/C13H15ClF3NO2/c14-10-7-9(1-2-11(10)20-13(15,16)17)12(18)8-3-5-19-6-4-8/h1-2,7-8,12H,3-6,18H2/t12-/m1/s1. The topological polar surface area (TPSA) is 44.5 Å². The van der Waals surface area contributed by atoms with E-state index in [1.54, 1.807) is 0 Å². The predicted molar refractivity (Wildman–Crippen MR) is 68.6 cm³/mol. The summed E-state index contributed by atoms with van der Waals surface area (Å²) >= 11 is 5.81. The van der Waals surface area contributed by atoms with Gasteiger partial charge in [-0.2, -0.15) is 0 Å². The molecule has 20 heavy (non-hydrogen) atoms. The minimum absolute atomic E-state index is 0.0951. The van der Waals surface area contributed by atoms with E-state index < -0.39 is 12.1 Å². The first-order chi connectivity index (χ1) is 9.37. The van der Waals surface area contributed by atoms with Crippen molar-refractivity contribution in [2.24, 2.45) is 11.7 Å². The van der Waals surface area contributed by atoms with Gasteiger partial charge in [0.1, 0.15) is 5.75 Å². The van der Waals surface area contributed by atoms with Gasteiger partial charge in [-0.25, -0.2) is 0 Å². The maximum atomic E-state index is 12.2. The van der Waals surface area contributed by atoms with Crippen LogP contribution in [0, 0.1) is 5.92 Å². The molecule has 2 N–H and O–H groups in total. The maximum Gasteiger partial charge on any atom is 0.573 e. The monoisotopic (exact) mass is 309 g/mol. The lowest BCUT2D eigenvalue weighted by Crippen LogP contribution is -2.27. The first-order valence-electron chi connectivity index (χ1n) is 6.25. The average molecular weight is 310 g/mol. The summed E-state index contributed by atoms with van der Waals surface area (Å²) in [6, 6.07) is 3.89. The fraction of sp³-hybridized carbons (Fsp3) is 0.538. The number of hydrogen-bond acceptors (Lipinski definition) is 3. The van der Waals surface area contributed by atoms with Gasteiger partial charge in [0.2, 0.25) is 0 Å². The molecule has 0 saturated carbocycles. The van der Waals surface area contributed by atoms with Crippen molar-refractivity contribution in [2.45, 2.75) is 25.2 Å². The number of halogens is 4.